The van der Waals surface area contributed by atoms with E-state index in [9.17, 15) is 19.0 Å². The van der Waals surface area contributed by atoms with Crippen molar-refractivity contribution >= 4 is 31.5 Å². The van der Waals surface area contributed by atoms with Crippen molar-refractivity contribution in [2.45, 2.75) is 122 Å². The number of quaternary nitrogens is 1. The molecule has 0 aromatic rings. The molecule has 0 aliphatic carbocycles. The largest absolute Gasteiger partial charge is 0.756 e. The summed E-state index contributed by atoms with van der Waals surface area (Å²) in [7, 11) is 2.78. The average Bonchev–Trinajstić information content (AvgIpc) is 2.95. The summed E-state index contributed by atoms with van der Waals surface area (Å²) in [6, 6.07) is 0. The van der Waals surface area contributed by atoms with Crippen LogP contribution in [-0.4, -0.2) is 95.3 Å². The van der Waals surface area contributed by atoms with Gasteiger partial charge in [0.15, 0.2) is 0 Å². The Hall–Kier alpha value is -0.680. The fourth-order valence-corrected chi connectivity index (χ4v) is 6.04. The second-order valence-corrected chi connectivity index (χ2v) is 15.0. The number of ether oxygens (including phenoxy) is 3. The highest BCUT2D eigenvalue weighted by Crippen LogP contribution is 2.38. The molecule has 0 aromatic heterocycles. The molecule has 262 valence electrons. The Morgan fingerprint density at radius 3 is 1.86 bits per heavy atom. The average molecular weight is 670 g/mol. The molecule has 0 fully saturated rings. The third-order valence-corrected chi connectivity index (χ3v) is 9.20. The monoisotopic (exact) mass is 669 g/mol. The first kappa shape index (κ1) is 43.3. The molecule has 0 saturated heterocycles. The number of likely N-dealkylation sites (N-methyl/N-ethyl adjacent to an activating group) is 1. The molecule has 2 unspecified atom stereocenters. The Morgan fingerprint density at radius 2 is 1.30 bits per heavy atom. The summed E-state index contributed by atoms with van der Waals surface area (Å²) in [5.74, 6) is 0.566. The zero-order chi connectivity index (χ0) is 32.9. The molecule has 2 atom stereocenters. The fourth-order valence-electron chi connectivity index (χ4n) is 4.28. The Balaban J connectivity index is 4.22. The van der Waals surface area contributed by atoms with Crippen LogP contribution >= 0.6 is 19.6 Å². The van der Waals surface area contributed by atoms with E-state index in [4.69, 9.17) is 18.5 Å². The topological polar surface area (TPSA) is 120 Å². The summed E-state index contributed by atoms with van der Waals surface area (Å²) in [6.07, 6.45) is 18.0. The molecule has 0 saturated carbocycles. The van der Waals surface area contributed by atoms with Gasteiger partial charge in [-0.15, -0.1) is 0 Å². The standard InChI is InChI=1S/C32H64NO9PS/c1-6-7-8-9-10-11-12-15-18-21-26-44-29-30(28-42-43(36,37)41-25-22-33(2,3)4)39-23-19-16-13-14-17-20-24-40-32(35)27-31(34)38-5/h30H,6-29H2,1-5H3. The van der Waals surface area contributed by atoms with Crippen LogP contribution in [0.1, 0.15) is 116 Å². The predicted octanol–water partition coefficient (Wildman–Crippen LogP) is 6.68. The van der Waals surface area contributed by atoms with Gasteiger partial charge in [0, 0.05) is 12.4 Å². The zero-order valence-electron chi connectivity index (χ0n) is 28.5. The number of hydrogen-bond donors (Lipinski definition) is 0. The van der Waals surface area contributed by atoms with Crippen LogP contribution in [0.5, 0.6) is 0 Å². The lowest BCUT2D eigenvalue weighted by molar-refractivity contribution is -0.870. The summed E-state index contributed by atoms with van der Waals surface area (Å²) >= 11 is 1.79. The maximum Gasteiger partial charge on any atom is 0.317 e. The first-order valence-electron chi connectivity index (χ1n) is 16.8. The van der Waals surface area contributed by atoms with Crippen LogP contribution in [0.2, 0.25) is 0 Å². The maximum atomic E-state index is 12.3. The minimum atomic E-state index is -4.38. The molecule has 0 aliphatic rings. The van der Waals surface area contributed by atoms with Crippen LogP contribution in [0.4, 0.5) is 0 Å². The number of carbonyl (C=O) groups excluding carboxylic acids is 2. The highest BCUT2D eigenvalue weighted by Gasteiger charge is 2.18. The van der Waals surface area contributed by atoms with Crippen molar-refractivity contribution in [1.29, 1.82) is 0 Å². The normalized spacial score (nSPS) is 13.9. The summed E-state index contributed by atoms with van der Waals surface area (Å²) in [6.45, 7) is 3.71. The Kier molecular flexibility index (Phi) is 28.1. The van der Waals surface area contributed by atoms with E-state index in [1.54, 1.807) is 11.8 Å². The molecule has 0 N–H and O–H groups in total. The highest BCUT2D eigenvalue weighted by molar-refractivity contribution is 7.99. The minimum Gasteiger partial charge on any atom is -0.756 e. The van der Waals surface area contributed by atoms with Crippen LogP contribution in [-0.2, 0) is 37.4 Å². The summed E-state index contributed by atoms with van der Waals surface area (Å²) in [4.78, 5) is 34.8. The van der Waals surface area contributed by atoms with Gasteiger partial charge in [0.05, 0.1) is 47.6 Å². The van der Waals surface area contributed by atoms with Crippen LogP contribution in [0.3, 0.4) is 0 Å². The molecule has 0 rings (SSSR count). The van der Waals surface area contributed by atoms with Crippen molar-refractivity contribution in [3.05, 3.63) is 0 Å². The van der Waals surface area contributed by atoms with Gasteiger partial charge in [-0.05, 0) is 25.0 Å². The number of esters is 2. The van der Waals surface area contributed by atoms with E-state index in [0.717, 1.165) is 50.7 Å². The fraction of sp³-hybridized carbons (Fsp3) is 0.938. The SMILES string of the molecule is CCCCCCCCCCCCSCC(COP(=O)([O-])OCC[N+](C)(C)C)OCCCCCCCCOC(=O)CC(=O)OC. The van der Waals surface area contributed by atoms with Gasteiger partial charge in [-0.25, -0.2) is 0 Å². The lowest BCUT2D eigenvalue weighted by atomic mass is 10.1. The molecule has 0 aromatic carbocycles. The molecule has 0 aliphatic heterocycles. The molecular weight excluding hydrogens is 605 g/mol. The van der Waals surface area contributed by atoms with Gasteiger partial charge >= 0.3 is 11.9 Å². The quantitative estimate of drug-likeness (QED) is 0.0252. The number of methoxy groups -OCH3 is 1. The lowest BCUT2D eigenvalue weighted by Crippen LogP contribution is -2.37. The highest BCUT2D eigenvalue weighted by atomic mass is 32.2. The summed E-state index contributed by atoms with van der Waals surface area (Å²) in [5.41, 5.74) is 0. The predicted molar refractivity (Wildman–Crippen MR) is 177 cm³/mol. The summed E-state index contributed by atoms with van der Waals surface area (Å²) < 4.78 is 38.7. The Labute approximate surface area is 272 Å². The zero-order valence-corrected chi connectivity index (χ0v) is 30.2. The lowest BCUT2D eigenvalue weighted by Gasteiger charge is -2.28. The smallest absolute Gasteiger partial charge is 0.317 e. The van der Waals surface area contributed by atoms with E-state index >= 15 is 0 Å². The second-order valence-electron chi connectivity index (χ2n) is 12.4. The number of thioether (sulfide) groups is 1. The number of rotatable bonds is 32. The van der Waals surface area contributed by atoms with Crippen molar-refractivity contribution in [2.75, 3.05) is 72.7 Å². The van der Waals surface area contributed by atoms with E-state index in [2.05, 4.69) is 11.7 Å². The number of unbranched alkanes of at least 4 members (excludes halogenated alkanes) is 14. The van der Waals surface area contributed by atoms with E-state index in [1.807, 2.05) is 21.1 Å². The van der Waals surface area contributed by atoms with Gasteiger partial charge in [-0.1, -0.05) is 90.4 Å². The number of hydrogen-bond acceptors (Lipinski definition) is 10. The molecule has 0 heterocycles. The van der Waals surface area contributed by atoms with Gasteiger partial charge in [0.2, 0.25) is 0 Å². The Morgan fingerprint density at radius 1 is 0.750 bits per heavy atom. The molecule has 0 amide bonds. The summed E-state index contributed by atoms with van der Waals surface area (Å²) in [5, 5.41) is 0. The van der Waals surface area contributed by atoms with Gasteiger partial charge in [-0.2, -0.15) is 11.8 Å². The van der Waals surface area contributed by atoms with Crippen molar-refractivity contribution in [1.82, 2.24) is 0 Å². The van der Waals surface area contributed by atoms with Crippen molar-refractivity contribution in [3.8, 4) is 0 Å². The molecule has 10 nitrogen and oxygen atoms in total. The molecular formula is C32H64NO9PS. The maximum absolute atomic E-state index is 12.3. The minimum absolute atomic E-state index is 0.0368. The molecule has 12 heteroatoms. The van der Waals surface area contributed by atoms with Crippen molar-refractivity contribution in [3.63, 3.8) is 0 Å². The molecule has 0 spiro atoms. The Bertz CT molecular complexity index is 752. The number of phosphoric ester groups is 1. The number of nitrogens with zero attached hydrogens (tertiary/aromatic N) is 1. The first-order valence-corrected chi connectivity index (χ1v) is 19.4. The van der Waals surface area contributed by atoms with Crippen molar-refractivity contribution < 1.29 is 46.8 Å². The molecule has 44 heavy (non-hydrogen) atoms. The number of carbonyl (C=O) groups is 2. The van der Waals surface area contributed by atoms with Crippen LogP contribution in [0, 0.1) is 0 Å². The van der Waals surface area contributed by atoms with E-state index in [1.165, 1.54) is 64.9 Å². The second kappa shape index (κ2) is 28.5. The third kappa shape index (κ3) is 31.3. The van der Waals surface area contributed by atoms with Gasteiger partial charge in [0.1, 0.15) is 19.6 Å². The van der Waals surface area contributed by atoms with E-state index in [0.29, 0.717) is 30.0 Å². The van der Waals surface area contributed by atoms with E-state index < -0.39 is 19.8 Å². The third-order valence-electron chi connectivity index (χ3n) is 7.05. The molecule has 0 radical (unpaired) electrons. The first-order chi connectivity index (χ1) is 21.0. The van der Waals surface area contributed by atoms with Crippen LogP contribution in [0.25, 0.3) is 0 Å². The van der Waals surface area contributed by atoms with E-state index in [-0.39, 0.29) is 25.7 Å². The number of phosphoric acid groups is 1. The van der Waals surface area contributed by atoms with Gasteiger partial charge in [-0.3, -0.25) is 14.2 Å². The molecule has 0 bridgehead atoms. The van der Waals surface area contributed by atoms with Crippen molar-refractivity contribution in [2.24, 2.45) is 0 Å². The van der Waals surface area contributed by atoms with Gasteiger partial charge in [0.25, 0.3) is 7.82 Å². The van der Waals surface area contributed by atoms with Crippen LogP contribution in [0.15, 0.2) is 0 Å². The van der Waals surface area contributed by atoms with Crippen LogP contribution < -0.4 is 4.89 Å². The van der Waals surface area contributed by atoms with Gasteiger partial charge < -0.3 is 32.6 Å².